The molecule has 3 heteroatoms. The maximum atomic E-state index is 4.57. The van der Waals surface area contributed by atoms with Crippen molar-refractivity contribution in [3.05, 3.63) is 53.3 Å². The van der Waals surface area contributed by atoms with Crippen molar-refractivity contribution in [3.8, 4) is 0 Å². The summed E-state index contributed by atoms with van der Waals surface area (Å²) in [6.07, 6.45) is 4.34. The van der Waals surface area contributed by atoms with Gasteiger partial charge < -0.3 is 5.32 Å². The van der Waals surface area contributed by atoms with E-state index in [0.29, 0.717) is 12.1 Å². The number of hydrogen-bond acceptors (Lipinski definition) is 2. The third kappa shape index (κ3) is 2.71. The molecule has 100 valence electrons. The number of aromatic nitrogens is 2. The Labute approximate surface area is 114 Å². The van der Waals surface area contributed by atoms with Crippen molar-refractivity contribution in [2.24, 2.45) is 0 Å². The zero-order valence-corrected chi connectivity index (χ0v) is 11.6. The molecule has 1 N–H and O–H groups in total. The Kier molecular flexibility index (Phi) is 3.38. The van der Waals surface area contributed by atoms with Gasteiger partial charge in [0, 0.05) is 24.8 Å². The molecule has 0 saturated heterocycles. The van der Waals surface area contributed by atoms with E-state index in [0.717, 1.165) is 25.1 Å². The van der Waals surface area contributed by atoms with E-state index in [1.165, 1.54) is 11.1 Å². The lowest BCUT2D eigenvalue weighted by atomic mass is 10.1. The lowest BCUT2D eigenvalue weighted by molar-refractivity contribution is 0.500. The largest absolute Gasteiger partial charge is 0.308 e. The third-order valence-corrected chi connectivity index (χ3v) is 3.82. The molecule has 0 spiro atoms. The topological polar surface area (TPSA) is 29.9 Å². The molecule has 0 atom stereocenters. The Morgan fingerprint density at radius 3 is 2.47 bits per heavy atom. The summed E-state index contributed by atoms with van der Waals surface area (Å²) in [5.74, 6) is 0. The SMILES string of the molecule is CC(C)n1ccc(CNC2Cc3ccccc3C2)n1. The summed E-state index contributed by atoms with van der Waals surface area (Å²) in [5.41, 5.74) is 4.12. The molecule has 0 saturated carbocycles. The first-order valence-electron chi connectivity index (χ1n) is 7.06. The maximum Gasteiger partial charge on any atom is 0.0762 e. The van der Waals surface area contributed by atoms with Crippen LogP contribution in [0.25, 0.3) is 0 Å². The number of rotatable bonds is 4. The van der Waals surface area contributed by atoms with E-state index in [2.05, 4.69) is 60.8 Å². The van der Waals surface area contributed by atoms with Gasteiger partial charge >= 0.3 is 0 Å². The van der Waals surface area contributed by atoms with Crippen LogP contribution < -0.4 is 5.32 Å². The molecule has 19 heavy (non-hydrogen) atoms. The Bertz CT molecular complexity index is 532. The van der Waals surface area contributed by atoms with Gasteiger partial charge in [-0.1, -0.05) is 24.3 Å². The number of nitrogens with zero attached hydrogens (tertiary/aromatic N) is 2. The first-order valence-corrected chi connectivity index (χ1v) is 7.06. The summed E-state index contributed by atoms with van der Waals surface area (Å²) in [6.45, 7) is 5.16. The van der Waals surface area contributed by atoms with Gasteiger partial charge in [-0.15, -0.1) is 0 Å². The second-order valence-corrected chi connectivity index (χ2v) is 5.64. The fraction of sp³-hybridized carbons (Fsp3) is 0.438. The molecule has 2 aromatic rings. The molecule has 0 radical (unpaired) electrons. The van der Waals surface area contributed by atoms with Crippen LogP contribution in [0.5, 0.6) is 0 Å². The van der Waals surface area contributed by atoms with Gasteiger partial charge in [0.05, 0.1) is 5.69 Å². The van der Waals surface area contributed by atoms with E-state index in [1.807, 2.05) is 4.68 Å². The predicted molar refractivity (Wildman–Crippen MR) is 77.1 cm³/mol. The Morgan fingerprint density at radius 2 is 1.89 bits per heavy atom. The second kappa shape index (κ2) is 5.17. The quantitative estimate of drug-likeness (QED) is 0.910. The van der Waals surface area contributed by atoms with Crippen molar-refractivity contribution in [2.75, 3.05) is 0 Å². The zero-order valence-electron chi connectivity index (χ0n) is 11.6. The van der Waals surface area contributed by atoms with Gasteiger partial charge in [-0.25, -0.2) is 0 Å². The summed E-state index contributed by atoms with van der Waals surface area (Å²) < 4.78 is 2.01. The molecule has 1 aromatic heterocycles. The molecule has 0 bridgehead atoms. The average molecular weight is 255 g/mol. The molecule has 3 rings (SSSR count). The Hall–Kier alpha value is -1.61. The molecule has 0 amide bonds. The smallest absolute Gasteiger partial charge is 0.0762 e. The van der Waals surface area contributed by atoms with Crippen molar-refractivity contribution < 1.29 is 0 Å². The lowest BCUT2D eigenvalue weighted by Gasteiger charge is -2.10. The van der Waals surface area contributed by atoms with Crippen molar-refractivity contribution in [1.29, 1.82) is 0 Å². The highest BCUT2D eigenvalue weighted by Crippen LogP contribution is 2.21. The fourth-order valence-corrected chi connectivity index (χ4v) is 2.71. The molecule has 0 aliphatic heterocycles. The summed E-state index contributed by atoms with van der Waals surface area (Å²) in [4.78, 5) is 0. The van der Waals surface area contributed by atoms with E-state index in [4.69, 9.17) is 0 Å². The van der Waals surface area contributed by atoms with Gasteiger partial charge in [-0.2, -0.15) is 5.10 Å². The van der Waals surface area contributed by atoms with E-state index in [9.17, 15) is 0 Å². The van der Waals surface area contributed by atoms with Crippen molar-refractivity contribution in [1.82, 2.24) is 15.1 Å². The Balaban J connectivity index is 1.56. The van der Waals surface area contributed by atoms with Gasteiger partial charge in [-0.05, 0) is 43.9 Å². The van der Waals surface area contributed by atoms with Crippen LogP contribution in [0.4, 0.5) is 0 Å². The first kappa shape index (κ1) is 12.4. The van der Waals surface area contributed by atoms with E-state index in [-0.39, 0.29) is 0 Å². The minimum absolute atomic E-state index is 0.435. The highest BCUT2D eigenvalue weighted by Gasteiger charge is 2.20. The molecule has 1 heterocycles. The minimum atomic E-state index is 0.435. The van der Waals surface area contributed by atoms with Crippen LogP contribution in [-0.2, 0) is 19.4 Å². The Morgan fingerprint density at radius 1 is 1.21 bits per heavy atom. The molecule has 0 unspecified atom stereocenters. The van der Waals surface area contributed by atoms with Crippen LogP contribution >= 0.6 is 0 Å². The van der Waals surface area contributed by atoms with E-state index < -0.39 is 0 Å². The minimum Gasteiger partial charge on any atom is -0.308 e. The summed E-state index contributed by atoms with van der Waals surface area (Å²) in [7, 11) is 0. The van der Waals surface area contributed by atoms with Crippen LogP contribution in [-0.4, -0.2) is 15.8 Å². The van der Waals surface area contributed by atoms with Crippen molar-refractivity contribution in [2.45, 2.75) is 45.3 Å². The van der Waals surface area contributed by atoms with Gasteiger partial charge in [0.1, 0.15) is 0 Å². The van der Waals surface area contributed by atoms with Crippen LogP contribution in [0.1, 0.15) is 36.7 Å². The summed E-state index contributed by atoms with van der Waals surface area (Å²) >= 11 is 0. The molecular formula is C16H21N3. The first-order chi connectivity index (χ1) is 9.22. The van der Waals surface area contributed by atoms with Gasteiger partial charge in [-0.3, -0.25) is 4.68 Å². The predicted octanol–water partition coefficient (Wildman–Crippen LogP) is 2.72. The standard InChI is InChI=1S/C16H21N3/c1-12(2)19-8-7-15(18-19)11-17-16-9-13-5-3-4-6-14(13)10-16/h3-8,12,16-17H,9-11H2,1-2H3. The average Bonchev–Trinajstić information content (AvgIpc) is 3.02. The van der Waals surface area contributed by atoms with Crippen LogP contribution in [0.3, 0.4) is 0 Å². The molecular weight excluding hydrogens is 234 g/mol. The summed E-state index contributed by atoms with van der Waals surface area (Å²) in [5, 5.41) is 8.20. The number of nitrogens with one attached hydrogen (secondary N) is 1. The number of fused-ring (bicyclic) bond motifs is 1. The molecule has 0 fully saturated rings. The van der Waals surface area contributed by atoms with Crippen molar-refractivity contribution >= 4 is 0 Å². The van der Waals surface area contributed by atoms with E-state index in [1.54, 1.807) is 0 Å². The van der Waals surface area contributed by atoms with Gasteiger partial charge in [0.25, 0.3) is 0 Å². The van der Waals surface area contributed by atoms with Crippen LogP contribution in [0.15, 0.2) is 36.5 Å². The highest BCUT2D eigenvalue weighted by molar-refractivity contribution is 5.33. The summed E-state index contributed by atoms with van der Waals surface area (Å²) in [6, 6.07) is 11.8. The number of hydrogen-bond donors (Lipinski definition) is 1. The molecule has 1 aromatic carbocycles. The molecule has 1 aliphatic carbocycles. The van der Waals surface area contributed by atoms with Gasteiger partial charge in [0.15, 0.2) is 0 Å². The second-order valence-electron chi connectivity index (χ2n) is 5.64. The monoisotopic (exact) mass is 255 g/mol. The lowest BCUT2D eigenvalue weighted by Crippen LogP contribution is -2.29. The van der Waals surface area contributed by atoms with E-state index >= 15 is 0 Å². The van der Waals surface area contributed by atoms with Crippen LogP contribution in [0, 0.1) is 0 Å². The molecule has 3 nitrogen and oxygen atoms in total. The van der Waals surface area contributed by atoms with Gasteiger partial charge in [0.2, 0.25) is 0 Å². The fourth-order valence-electron chi connectivity index (χ4n) is 2.71. The third-order valence-electron chi connectivity index (χ3n) is 3.82. The number of benzene rings is 1. The zero-order chi connectivity index (χ0) is 13.2. The normalized spacial score (nSPS) is 15.1. The van der Waals surface area contributed by atoms with Crippen LogP contribution in [0.2, 0.25) is 0 Å². The highest BCUT2D eigenvalue weighted by atomic mass is 15.3. The van der Waals surface area contributed by atoms with Crippen molar-refractivity contribution in [3.63, 3.8) is 0 Å². The molecule has 1 aliphatic rings. The maximum absolute atomic E-state index is 4.57.